The number of nitrogens with zero attached hydrogens (tertiary/aromatic N) is 1. The maximum Gasteiger partial charge on any atom is 0.335 e. The lowest BCUT2D eigenvalue weighted by Crippen LogP contribution is -2.39. The van der Waals surface area contributed by atoms with Crippen molar-refractivity contribution in [3.8, 4) is 0 Å². The van der Waals surface area contributed by atoms with Crippen LogP contribution in [0.4, 0.5) is 0 Å². The molecule has 1 aromatic carbocycles. The van der Waals surface area contributed by atoms with Gasteiger partial charge in [0.1, 0.15) is 0 Å². The number of rotatable bonds is 7. The van der Waals surface area contributed by atoms with Crippen molar-refractivity contribution < 1.29 is 23.1 Å². The minimum atomic E-state index is -3.77. The van der Waals surface area contributed by atoms with Crippen LogP contribution in [0.3, 0.4) is 0 Å². The fourth-order valence-corrected chi connectivity index (χ4v) is 3.96. The summed E-state index contributed by atoms with van der Waals surface area (Å²) in [5, 5.41) is 9.12. The molecular weight excluding hydrogens is 294 g/mol. The van der Waals surface area contributed by atoms with E-state index in [1.165, 1.54) is 36.5 Å². The fourth-order valence-electron chi connectivity index (χ4n) is 2.09. The monoisotopic (exact) mass is 315 g/mol. The van der Waals surface area contributed by atoms with Crippen LogP contribution in [0.1, 0.15) is 29.8 Å². The van der Waals surface area contributed by atoms with Crippen LogP contribution in [-0.2, 0) is 14.8 Å². The molecule has 1 N–H and O–H groups in total. The molecule has 0 atom stereocenters. The predicted molar refractivity (Wildman–Crippen MR) is 79.0 cm³/mol. The van der Waals surface area contributed by atoms with Crippen LogP contribution in [0.15, 0.2) is 23.1 Å². The number of carboxylic acids is 1. The van der Waals surface area contributed by atoms with Gasteiger partial charge in [0.2, 0.25) is 10.0 Å². The fraction of sp³-hybridized carbons (Fsp3) is 0.500. The highest BCUT2D eigenvalue weighted by Crippen LogP contribution is 2.24. The maximum atomic E-state index is 12.8. The van der Waals surface area contributed by atoms with E-state index >= 15 is 0 Å². The highest BCUT2D eigenvalue weighted by atomic mass is 32.2. The summed E-state index contributed by atoms with van der Waals surface area (Å²) in [7, 11) is -2.27. The molecular formula is C14H21NO5S. The van der Waals surface area contributed by atoms with Crippen molar-refractivity contribution in [2.45, 2.75) is 31.7 Å². The highest BCUT2D eigenvalue weighted by Gasteiger charge is 2.29. The molecule has 1 rings (SSSR count). The number of hydrogen-bond acceptors (Lipinski definition) is 4. The number of aromatic carboxylic acids is 1. The number of methoxy groups -OCH3 is 1. The van der Waals surface area contributed by atoms with E-state index in [1.54, 1.807) is 13.8 Å². The van der Waals surface area contributed by atoms with Gasteiger partial charge in [-0.15, -0.1) is 0 Å². The van der Waals surface area contributed by atoms with Crippen molar-refractivity contribution >= 4 is 16.0 Å². The lowest BCUT2D eigenvalue weighted by molar-refractivity contribution is 0.0696. The number of hydrogen-bond donors (Lipinski definition) is 1. The zero-order valence-electron chi connectivity index (χ0n) is 12.7. The van der Waals surface area contributed by atoms with Crippen LogP contribution in [0.5, 0.6) is 0 Å². The van der Waals surface area contributed by atoms with Crippen LogP contribution in [0.25, 0.3) is 0 Å². The molecule has 0 spiro atoms. The summed E-state index contributed by atoms with van der Waals surface area (Å²) in [6.07, 6.45) is 0. The summed E-state index contributed by atoms with van der Waals surface area (Å²) in [6, 6.07) is 4.02. The number of ether oxygens (including phenoxy) is 1. The first-order valence-corrected chi connectivity index (χ1v) is 8.01. The second kappa shape index (κ2) is 7.02. The number of benzene rings is 1. The highest BCUT2D eigenvalue weighted by molar-refractivity contribution is 7.89. The Labute approximate surface area is 125 Å². The second-order valence-electron chi connectivity index (χ2n) is 4.94. The Morgan fingerprint density at radius 1 is 1.38 bits per heavy atom. The number of sulfonamides is 1. The SMILES string of the molecule is COCCN(C(C)C)S(=O)(=O)c1cccc(C(=O)O)c1C. The minimum absolute atomic E-state index is 0.00785. The molecule has 0 radical (unpaired) electrons. The summed E-state index contributed by atoms with van der Waals surface area (Å²) in [4.78, 5) is 11.2. The Morgan fingerprint density at radius 3 is 2.48 bits per heavy atom. The first-order valence-electron chi connectivity index (χ1n) is 6.57. The summed E-state index contributed by atoms with van der Waals surface area (Å²) in [6.45, 7) is 5.53. The van der Waals surface area contributed by atoms with Gasteiger partial charge in [-0.3, -0.25) is 0 Å². The van der Waals surface area contributed by atoms with Gasteiger partial charge in [-0.05, 0) is 38.5 Å². The Morgan fingerprint density at radius 2 is 2.00 bits per heavy atom. The predicted octanol–water partition coefficient (Wildman–Crippen LogP) is 1.74. The average Bonchev–Trinajstić information content (AvgIpc) is 2.38. The molecule has 0 saturated heterocycles. The number of carbonyl (C=O) groups is 1. The molecule has 7 heteroatoms. The van der Waals surface area contributed by atoms with Gasteiger partial charge in [0.05, 0.1) is 17.1 Å². The van der Waals surface area contributed by atoms with Gasteiger partial charge in [0.15, 0.2) is 0 Å². The number of carboxylic acid groups (broad SMARTS) is 1. The smallest absolute Gasteiger partial charge is 0.335 e. The molecule has 0 aliphatic carbocycles. The van der Waals surface area contributed by atoms with Crippen LogP contribution in [0, 0.1) is 6.92 Å². The third-order valence-electron chi connectivity index (χ3n) is 3.19. The molecule has 0 aliphatic rings. The van der Waals surface area contributed by atoms with Crippen molar-refractivity contribution in [2.75, 3.05) is 20.3 Å². The molecule has 0 amide bonds. The maximum absolute atomic E-state index is 12.8. The quantitative estimate of drug-likeness (QED) is 0.828. The molecule has 1 aromatic rings. The third-order valence-corrected chi connectivity index (χ3v) is 5.41. The van der Waals surface area contributed by atoms with E-state index in [9.17, 15) is 13.2 Å². The Kier molecular flexibility index (Phi) is 5.88. The first kappa shape index (κ1) is 17.6. The van der Waals surface area contributed by atoms with E-state index in [-0.39, 0.29) is 35.2 Å². The van der Waals surface area contributed by atoms with E-state index in [4.69, 9.17) is 9.84 Å². The van der Waals surface area contributed by atoms with Crippen molar-refractivity contribution in [3.63, 3.8) is 0 Å². The largest absolute Gasteiger partial charge is 0.478 e. The molecule has 0 aliphatic heterocycles. The van der Waals surface area contributed by atoms with Gasteiger partial charge in [-0.25, -0.2) is 13.2 Å². The second-order valence-corrected chi connectivity index (χ2v) is 6.80. The van der Waals surface area contributed by atoms with Crippen molar-refractivity contribution in [1.82, 2.24) is 4.31 Å². The molecule has 6 nitrogen and oxygen atoms in total. The average molecular weight is 315 g/mol. The molecule has 0 heterocycles. The van der Waals surface area contributed by atoms with Crippen molar-refractivity contribution in [3.05, 3.63) is 29.3 Å². The van der Waals surface area contributed by atoms with Crippen LogP contribution in [-0.4, -0.2) is 50.1 Å². The summed E-state index contributed by atoms with van der Waals surface area (Å²) in [5.41, 5.74) is 0.236. The van der Waals surface area contributed by atoms with E-state index < -0.39 is 16.0 Å². The van der Waals surface area contributed by atoms with Crippen molar-refractivity contribution in [1.29, 1.82) is 0 Å². The Balaban J connectivity index is 3.35. The van der Waals surface area contributed by atoms with Gasteiger partial charge < -0.3 is 9.84 Å². The molecule has 0 bridgehead atoms. The summed E-state index contributed by atoms with van der Waals surface area (Å²) < 4.78 is 31.8. The van der Waals surface area contributed by atoms with Gasteiger partial charge in [0, 0.05) is 19.7 Å². The van der Waals surface area contributed by atoms with Crippen LogP contribution < -0.4 is 0 Å². The Bertz CT molecular complexity index is 610. The zero-order valence-corrected chi connectivity index (χ0v) is 13.5. The van der Waals surface area contributed by atoms with Crippen molar-refractivity contribution in [2.24, 2.45) is 0 Å². The van der Waals surface area contributed by atoms with Crippen LogP contribution >= 0.6 is 0 Å². The summed E-state index contributed by atoms with van der Waals surface area (Å²) in [5.74, 6) is -1.14. The lowest BCUT2D eigenvalue weighted by atomic mass is 10.1. The first-order chi connectivity index (χ1) is 9.73. The zero-order chi connectivity index (χ0) is 16.2. The van der Waals surface area contributed by atoms with Gasteiger partial charge in [0.25, 0.3) is 0 Å². The molecule has 0 unspecified atom stereocenters. The topological polar surface area (TPSA) is 83.9 Å². The third kappa shape index (κ3) is 3.81. The van der Waals surface area contributed by atoms with E-state index in [0.29, 0.717) is 0 Å². The van der Waals surface area contributed by atoms with E-state index in [2.05, 4.69) is 0 Å². The van der Waals surface area contributed by atoms with Gasteiger partial charge >= 0.3 is 5.97 Å². The summed E-state index contributed by atoms with van der Waals surface area (Å²) >= 11 is 0. The Hall–Kier alpha value is -1.44. The molecule has 0 saturated carbocycles. The lowest BCUT2D eigenvalue weighted by Gasteiger charge is -2.26. The molecule has 21 heavy (non-hydrogen) atoms. The van der Waals surface area contributed by atoms with E-state index in [0.717, 1.165) is 0 Å². The van der Waals surface area contributed by atoms with Crippen LogP contribution in [0.2, 0.25) is 0 Å². The minimum Gasteiger partial charge on any atom is -0.478 e. The normalized spacial score (nSPS) is 12.1. The van der Waals surface area contributed by atoms with Gasteiger partial charge in [-0.2, -0.15) is 4.31 Å². The standard InChI is InChI=1S/C14H21NO5S/c1-10(2)15(8-9-20-4)21(18,19)13-7-5-6-12(11(13)3)14(16)17/h5-7,10H,8-9H2,1-4H3,(H,16,17). The molecule has 118 valence electrons. The van der Waals surface area contributed by atoms with Gasteiger partial charge in [-0.1, -0.05) is 6.07 Å². The van der Waals surface area contributed by atoms with E-state index in [1.807, 2.05) is 0 Å². The molecule has 0 fully saturated rings. The molecule has 0 aromatic heterocycles.